The number of allylic oxidation sites excluding steroid dienone is 1. The number of nitrogens with two attached hydrogens (primary N) is 2. The molecule has 0 radical (unpaired) electrons. The summed E-state index contributed by atoms with van der Waals surface area (Å²) in [7, 11) is 0. The van der Waals surface area contributed by atoms with Crippen LogP contribution in [-0.2, 0) is 0 Å². The van der Waals surface area contributed by atoms with Crippen LogP contribution in [0.3, 0.4) is 0 Å². The first kappa shape index (κ1) is 12.2. The van der Waals surface area contributed by atoms with Gasteiger partial charge in [0.1, 0.15) is 0 Å². The van der Waals surface area contributed by atoms with Crippen molar-refractivity contribution in [1.82, 2.24) is 0 Å². The Balaban J connectivity index is 4.46. The Morgan fingerprint density at radius 2 is 1.85 bits per heavy atom. The summed E-state index contributed by atoms with van der Waals surface area (Å²) in [6.45, 7) is 4.47. The molecule has 0 aromatic carbocycles. The zero-order valence-electron chi connectivity index (χ0n) is 8.40. The highest BCUT2D eigenvalue weighted by molar-refractivity contribution is 5.09. The van der Waals surface area contributed by atoms with Gasteiger partial charge in [0.25, 0.3) is 0 Å². The first-order valence-corrected chi connectivity index (χ1v) is 4.37. The van der Waals surface area contributed by atoms with Crippen LogP contribution in [0, 0.1) is 5.92 Å². The van der Waals surface area contributed by atoms with Crippen molar-refractivity contribution in [3.63, 3.8) is 0 Å². The predicted molar refractivity (Wildman–Crippen MR) is 50.1 cm³/mol. The average molecular weight is 192 g/mol. The second kappa shape index (κ2) is 4.44. The number of rotatable bonds is 4. The summed E-state index contributed by atoms with van der Waals surface area (Å²) in [6, 6.07) is 0. The number of hydrogen-bond acceptors (Lipinski definition) is 2. The first-order valence-electron chi connectivity index (χ1n) is 4.37. The van der Waals surface area contributed by atoms with E-state index in [2.05, 4.69) is 0 Å². The van der Waals surface area contributed by atoms with Crippen molar-refractivity contribution in [3.05, 3.63) is 11.4 Å². The summed E-state index contributed by atoms with van der Waals surface area (Å²) in [4.78, 5) is 0. The average Bonchev–Trinajstić information content (AvgIpc) is 1.97. The lowest BCUT2D eigenvalue weighted by Gasteiger charge is -2.20. The molecule has 0 aromatic rings. The van der Waals surface area contributed by atoms with E-state index in [1.165, 1.54) is 0 Å². The van der Waals surface area contributed by atoms with Crippen molar-refractivity contribution >= 4 is 0 Å². The van der Waals surface area contributed by atoms with E-state index < -0.39 is 5.92 Å². The van der Waals surface area contributed by atoms with Crippen LogP contribution in [0.2, 0.25) is 0 Å². The zero-order valence-corrected chi connectivity index (χ0v) is 8.40. The molecule has 0 fully saturated rings. The van der Waals surface area contributed by atoms with Crippen LogP contribution >= 0.6 is 0 Å². The van der Waals surface area contributed by atoms with E-state index in [1.54, 1.807) is 6.92 Å². The molecule has 0 amide bonds. The molecule has 0 aliphatic rings. The molecular formula is C9H18F2N2. The maximum atomic E-state index is 12.7. The van der Waals surface area contributed by atoms with Crippen LogP contribution in [0.25, 0.3) is 0 Å². The van der Waals surface area contributed by atoms with Gasteiger partial charge in [-0.25, -0.2) is 8.78 Å². The molecule has 0 aromatic heterocycles. The number of hydrogen-bond donors (Lipinski definition) is 2. The van der Waals surface area contributed by atoms with E-state index in [0.29, 0.717) is 12.0 Å². The van der Waals surface area contributed by atoms with Crippen molar-refractivity contribution in [1.29, 1.82) is 0 Å². The van der Waals surface area contributed by atoms with Crippen LogP contribution in [0.15, 0.2) is 11.4 Å². The minimum absolute atomic E-state index is 0.163. The topological polar surface area (TPSA) is 52.0 Å². The van der Waals surface area contributed by atoms with Crippen molar-refractivity contribution in [3.8, 4) is 0 Å². The van der Waals surface area contributed by atoms with E-state index in [0.717, 1.165) is 6.92 Å². The molecule has 2 nitrogen and oxygen atoms in total. The summed E-state index contributed by atoms with van der Waals surface area (Å²) >= 11 is 0. The van der Waals surface area contributed by atoms with Crippen molar-refractivity contribution in [2.75, 3.05) is 0 Å². The normalized spacial score (nSPS) is 13.9. The molecule has 0 bridgehead atoms. The highest BCUT2D eigenvalue weighted by atomic mass is 19.3. The van der Waals surface area contributed by atoms with Crippen LogP contribution in [-0.4, -0.2) is 5.92 Å². The molecule has 0 heterocycles. The third kappa shape index (κ3) is 4.70. The molecule has 0 spiro atoms. The summed E-state index contributed by atoms with van der Waals surface area (Å²) < 4.78 is 25.4. The minimum atomic E-state index is -2.66. The standard InChI is InChI=1S/C9H18F2N2/c1-4-7(5-9(3,10)11)6(2)8(12)13/h7H,4-5,12-13H2,1-3H3. The van der Waals surface area contributed by atoms with E-state index >= 15 is 0 Å². The minimum Gasteiger partial charge on any atom is -0.386 e. The first-order chi connectivity index (χ1) is 5.78. The van der Waals surface area contributed by atoms with Gasteiger partial charge in [-0.1, -0.05) is 6.92 Å². The van der Waals surface area contributed by atoms with Gasteiger partial charge in [0.05, 0.1) is 5.82 Å². The van der Waals surface area contributed by atoms with Gasteiger partial charge in [-0.15, -0.1) is 0 Å². The molecule has 0 saturated carbocycles. The van der Waals surface area contributed by atoms with E-state index in [9.17, 15) is 8.78 Å². The maximum Gasteiger partial charge on any atom is 0.246 e. The van der Waals surface area contributed by atoms with Crippen LogP contribution < -0.4 is 11.5 Å². The van der Waals surface area contributed by atoms with E-state index in [-0.39, 0.29) is 18.2 Å². The summed E-state index contributed by atoms with van der Waals surface area (Å²) in [6.07, 6.45) is 0.445. The second-order valence-corrected chi connectivity index (χ2v) is 3.52. The van der Waals surface area contributed by atoms with E-state index in [1.807, 2.05) is 6.92 Å². The highest BCUT2D eigenvalue weighted by Crippen LogP contribution is 2.29. The van der Waals surface area contributed by atoms with Crippen molar-refractivity contribution < 1.29 is 8.78 Å². The lowest BCUT2D eigenvalue weighted by molar-refractivity contribution is 0.000275. The van der Waals surface area contributed by atoms with Crippen LogP contribution in [0.5, 0.6) is 0 Å². The smallest absolute Gasteiger partial charge is 0.246 e. The summed E-state index contributed by atoms with van der Waals surface area (Å²) in [5.74, 6) is -2.71. The van der Waals surface area contributed by atoms with Gasteiger partial charge in [-0.3, -0.25) is 0 Å². The molecule has 1 unspecified atom stereocenters. The van der Waals surface area contributed by atoms with Crippen molar-refractivity contribution in [2.24, 2.45) is 17.4 Å². The third-order valence-electron chi connectivity index (χ3n) is 2.17. The molecule has 0 aliphatic heterocycles. The summed E-state index contributed by atoms with van der Waals surface area (Å²) in [5, 5.41) is 0. The van der Waals surface area contributed by atoms with Gasteiger partial charge in [-0.2, -0.15) is 0 Å². The number of halogens is 2. The van der Waals surface area contributed by atoms with Gasteiger partial charge < -0.3 is 11.5 Å². The number of alkyl halides is 2. The van der Waals surface area contributed by atoms with Gasteiger partial charge in [0.15, 0.2) is 0 Å². The van der Waals surface area contributed by atoms with Gasteiger partial charge in [0, 0.05) is 6.42 Å². The lowest BCUT2D eigenvalue weighted by Crippen LogP contribution is -2.21. The predicted octanol–water partition coefficient (Wildman–Crippen LogP) is 2.21. The summed E-state index contributed by atoms with van der Waals surface area (Å²) in [5.41, 5.74) is 11.4. The molecule has 1 atom stereocenters. The molecule has 4 heteroatoms. The maximum absolute atomic E-state index is 12.7. The van der Waals surface area contributed by atoms with Gasteiger partial charge in [0.2, 0.25) is 5.92 Å². The molecule has 0 rings (SSSR count). The van der Waals surface area contributed by atoms with Crippen LogP contribution in [0.4, 0.5) is 8.78 Å². The Morgan fingerprint density at radius 1 is 1.38 bits per heavy atom. The molecule has 0 saturated heterocycles. The fraction of sp³-hybridized carbons (Fsp3) is 0.778. The molecule has 13 heavy (non-hydrogen) atoms. The Bertz CT molecular complexity index is 190. The van der Waals surface area contributed by atoms with Gasteiger partial charge >= 0.3 is 0 Å². The Morgan fingerprint density at radius 3 is 2.08 bits per heavy atom. The monoisotopic (exact) mass is 192 g/mol. The second-order valence-electron chi connectivity index (χ2n) is 3.52. The SMILES string of the molecule is CCC(CC(C)(F)F)C(C)=C(N)N. The Hall–Kier alpha value is -0.800. The Kier molecular flexibility index (Phi) is 4.17. The Labute approximate surface area is 78.0 Å². The van der Waals surface area contributed by atoms with Crippen molar-refractivity contribution in [2.45, 2.75) is 39.5 Å². The fourth-order valence-corrected chi connectivity index (χ4v) is 1.27. The van der Waals surface area contributed by atoms with Crippen LogP contribution in [0.1, 0.15) is 33.6 Å². The third-order valence-corrected chi connectivity index (χ3v) is 2.17. The highest BCUT2D eigenvalue weighted by Gasteiger charge is 2.27. The molecular weight excluding hydrogens is 174 g/mol. The lowest BCUT2D eigenvalue weighted by atomic mass is 9.91. The molecule has 78 valence electrons. The molecule has 0 aliphatic carbocycles. The fourth-order valence-electron chi connectivity index (χ4n) is 1.27. The largest absolute Gasteiger partial charge is 0.386 e. The van der Waals surface area contributed by atoms with Gasteiger partial charge in [-0.05, 0) is 31.8 Å². The molecule has 4 N–H and O–H groups in total. The zero-order chi connectivity index (χ0) is 10.6. The quantitative estimate of drug-likeness (QED) is 0.717. The van der Waals surface area contributed by atoms with E-state index in [4.69, 9.17) is 11.5 Å².